The lowest BCUT2D eigenvalue weighted by Crippen LogP contribution is -2.41. The van der Waals surface area contributed by atoms with Crippen molar-refractivity contribution in [1.29, 1.82) is 0 Å². The molecule has 2 rings (SSSR count). The molecule has 1 aromatic carbocycles. The molecule has 1 heterocycles. The summed E-state index contributed by atoms with van der Waals surface area (Å²) in [6, 6.07) is 5.14. The number of benzene rings is 1. The molecule has 3 nitrogen and oxygen atoms in total. The molecule has 1 aromatic rings. The van der Waals surface area contributed by atoms with Gasteiger partial charge in [-0.25, -0.2) is 4.79 Å². The zero-order valence-corrected chi connectivity index (χ0v) is 10.7. The molecule has 0 aliphatic carbocycles. The van der Waals surface area contributed by atoms with Crippen molar-refractivity contribution in [2.24, 2.45) is 0 Å². The van der Waals surface area contributed by atoms with E-state index < -0.39 is 5.97 Å². The van der Waals surface area contributed by atoms with Crippen LogP contribution in [0.5, 0.6) is 5.75 Å². The molecular formula is C14H18O3. The van der Waals surface area contributed by atoms with Crippen LogP contribution in [0.2, 0.25) is 0 Å². The average Bonchev–Trinajstić information content (AvgIpc) is 2.13. The molecule has 0 aromatic heterocycles. The van der Waals surface area contributed by atoms with E-state index in [1.54, 1.807) is 12.1 Å². The number of hydrogen-bond acceptors (Lipinski definition) is 2. The number of hydrogen-bond donors (Lipinski definition) is 1. The maximum atomic E-state index is 11.0. The Morgan fingerprint density at radius 1 is 1.29 bits per heavy atom. The highest BCUT2D eigenvalue weighted by Crippen LogP contribution is 2.44. The van der Waals surface area contributed by atoms with Crippen LogP contribution < -0.4 is 4.74 Å². The van der Waals surface area contributed by atoms with Gasteiger partial charge in [-0.1, -0.05) is 19.9 Å². The lowest BCUT2D eigenvalue weighted by molar-refractivity contribution is 0.0525. The smallest absolute Gasteiger partial charge is 0.335 e. The van der Waals surface area contributed by atoms with Crippen molar-refractivity contribution >= 4 is 5.97 Å². The number of carboxylic acid groups (broad SMARTS) is 1. The number of fused-ring (bicyclic) bond motifs is 1. The number of aromatic carboxylic acids is 1. The molecule has 0 fully saturated rings. The summed E-state index contributed by atoms with van der Waals surface area (Å²) in [6.07, 6.45) is 0.916. The monoisotopic (exact) mass is 234 g/mol. The molecule has 92 valence electrons. The van der Waals surface area contributed by atoms with E-state index in [1.165, 1.54) is 0 Å². The summed E-state index contributed by atoms with van der Waals surface area (Å²) in [5, 5.41) is 8.99. The van der Waals surface area contributed by atoms with Crippen molar-refractivity contribution in [1.82, 2.24) is 0 Å². The molecule has 0 saturated carbocycles. The van der Waals surface area contributed by atoms with E-state index in [-0.39, 0.29) is 16.6 Å². The van der Waals surface area contributed by atoms with Crippen molar-refractivity contribution in [2.75, 3.05) is 0 Å². The van der Waals surface area contributed by atoms with Gasteiger partial charge in [0.1, 0.15) is 11.4 Å². The zero-order chi connectivity index (χ0) is 12.8. The molecule has 1 aliphatic heterocycles. The fourth-order valence-electron chi connectivity index (χ4n) is 2.79. The fraction of sp³-hybridized carbons (Fsp3) is 0.500. The molecule has 0 radical (unpaired) electrons. The van der Waals surface area contributed by atoms with Gasteiger partial charge < -0.3 is 9.84 Å². The number of carboxylic acids is 1. The second kappa shape index (κ2) is 3.49. The third kappa shape index (κ3) is 2.14. The van der Waals surface area contributed by atoms with Gasteiger partial charge >= 0.3 is 5.97 Å². The third-order valence-corrected chi connectivity index (χ3v) is 3.21. The highest BCUT2D eigenvalue weighted by molar-refractivity contribution is 5.88. The summed E-state index contributed by atoms with van der Waals surface area (Å²) in [4.78, 5) is 11.0. The molecule has 0 bridgehead atoms. The minimum atomic E-state index is -0.919. The van der Waals surface area contributed by atoms with Crippen LogP contribution in [0.25, 0.3) is 0 Å². The quantitative estimate of drug-likeness (QED) is 0.811. The second-order valence-electron chi connectivity index (χ2n) is 5.94. The molecule has 1 aliphatic rings. The Hall–Kier alpha value is -1.51. The molecule has 17 heavy (non-hydrogen) atoms. The number of carbonyl (C=O) groups is 1. The van der Waals surface area contributed by atoms with Crippen LogP contribution in [0.1, 0.15) is 50.0 Å². The SMILES string of the molecule is CC1(C)CC(C)(C)c2ccc(C(=O)O)cc2O1. The maximum absolute atomic E-state index is 11.0. The molecular weight excluding hydrogens is 216 g/mol. The lowest BCUT2D eigenvalue weighted by atomic mass is 9.73. The molecule has 0 saturated heterocycles. The molecule has 1 N–H and O–H groups in total. The highest BCUT2D eigenvalue weighted by atomic mass is 16.5. The van der Waals surface area contributed by atoms with Crippen LogP contribution in [0.15, 0.2) is 18.2 Å². The average molecular weight is 234 g/mol. The van der Waals surface area contributed by atoms with Gasteiger partial charge in [-0.2, -0.15) is 0 Å². The van der Waals surface area contributed by atoms with Gasteiger partial charge in [0.15, 0.2) is 0 Å². The Bertz CT molecular complexity index is 472. The molecule has 3 heteroatoms. The molecule has 0 atom stereocenters. The van der Waals surface area contributed by atoms with Crippen LogP contribution in [0.3, 0.4) is 0 Å². The summed E-state index contributed by atoms with van der Waals surface area (Å²) in [7, 11) is 0. The predicted molar refractivity (Wildman–Crippen MR) is 65.8 cm³/mol. The Kier molecular flexibility index (Phi) is 2.45. The van der Waals surface area contributed by atoms with E-state index in [4.69, 9.17) is 9.84 Å². The van der Waals surface area contributed by atoms with Gasteiger partial charge in [0.05, 0.1) is 5.56 Å². The first-order valence-electron chi connectivity index (χ1n) is 5.78. The maximum Gasteiger partial charge on any atom is 0.335 e. The van der Waals surface area contributed by atoms with Crippen LogP contribution in [0.4, 0.5) is 0 Å². The van der Waals surface area contributed by atoms with Gasteiger partial charge in [0, 0.05) is 0 Å². The van der Waals surface area contributed by atoms with Gasteiger partial charge in [0.2, 0.25) is 0 Å². The first kappa shape index (κ1) is 12.0. The summed E-state index contributed by atoms with van der Waals surface area (Å²) in [6.45, 7) is 8.39. The van der Waals surface area contributed by atoms with Gasteiger partial charge in [-0.3, -0.25) is 0 Å². The van der Waals surface area contributed by atoms with Crippen LogP contribution in [0, 0.1) is 0 Å². The predicted octanol–water partition coefficient (Wildman–Crippen LogP) is 3.22. The normalized spacial score (nSPS) is 20.2. The summed E-state index contributed by atoms with van der Waals surface area (Å²) in [5.74, 6) is -0.219. The second-order valence-corrected chi connectivity index (χ2v) is 5.94. The Morgan fingerprint density at radius 2 is 1.94 bits per heavy atom. The van der Waals surface area contributed by atoms with Crippen LogP contribution in [-0.2, 0) is 5.41 Å². The van der Waals surface area contributed by atoms with E-state index in [0.29, 0.717) is 5.75 Å². The van der Waals surface area contributed by atoms with Crippen molar-refractivity contribution in [3.05, 3.63) is 29.3 Å². The minimum Gasteiger partial charge on any atom is -0.488 e. The van der Waals surface area contributed by atoms with Crippen LogP contribution >= 0.6 is 0 Å². The third-order valence-electron chi connectivity index (χ3n) is 3.21. The van der Waals surface area contributed by atoms with E-state index in [0.717, 1.165) is 12.0 Å². The van der Waals surface area contributed by atoms with Crippen molar-refractivity contribution in [3.8, 4) is 5.75 Å². The van der Waals surface area contributed by atoms with Crippen LogP contribution in [-0.4, -0.2) is 16.7 Å². The van der Waals surface area contributed by atoms with Gasteiger partial charge in [-0.15, -0.1) is 0 Å². The Morgan fingerprint density at radius 3 is 2.53 bits per heavy atom. The number of ether oxygens (including phenoxy) is 1. The standard InChI is InChI=1S/C14H18O3/c1-13(2)8-14(3,4)17-11-7-9(12(15)16)5-6-10(11)13/h5-7H,8H2,1-4H3,(H,15,16). The van der Waals surface area contributed by atoms with E-state index in [9.17, 15) is 4.79 Å². The van der Waals surface area contributed by atoms with Gasteiger partial charge in [0.25, 0.3) is 0 Å². The van der Waals surface area contributed by atoms with Crippen molar-refractivity contribution in [2.45, 2.75) is 45.1 Å². The summed E-state index contributed by atoms with van der Waals surface area (Å²) >= 11 is 0. The molecule has 0 amide bonds. The van der Waals surface area contributed by atoms with E-state index >= 15 is 0 Å². The lowest BCUT2D eigenvalue weighted by Gasteiger charge is -2.42. The minimum absolute atomic E-state index is 0.00805. The number of rotatable bonds is 1. The Balaban J connectivity index is 2.55. The molecule has 0 spiro atoms. The van der Waals surface area contributed by atoms with Gasteiger partial charge in [-0.05, 0) is 43.4 Å². The first-order valence-corrected chi connectivity index (χ1v) is 5.78. The summed E-state index contributed by atoms with van der Waals surface area (Å²) in [5.41, 5.74) is 1.11. The first-order chi connectivity index (χ1) is 7.71. The topological polar surface area (TPSA) is 46.5 Å². The Labute approximate surface area is 101 Å². The van der Waals surface area contributed by atoms with E-state index in [1.807, 2.05) is 19.9 Å². The highest BCUT2D eigenvalue weighted by Gasteiger charge is 2.39. The van der Waals surface area contributed by atoms with Crippen molar-refractivity contribution < 1.29 is 14.6 Å². The molecule has 0 unspecified atom stereocenters. The summed E-state index contributed by atoms with van der Waals surface area (Å²) < 4.78 is 5.88. The zero-order valence-electron chi connectivity index (χ0n) is 10.7. The largest absolute Gasteiger partial charge is 0.488 e. The van der Waals surface area contributed by atoms with Crippen molar-refractivity contribution in [3.63, 3.8) is 0 Å². The fourth-order valence-corrected chi connectivity index (χ4v) is 2.79. The van der Waals surface area contributed by atoms with E-state index in [2.05, 4.69) is 13.8 Å².